The van der Waals surface area contributed by atoms with Crippen LogP contribution in [0, 0.1) is 5.92 Å². The van der Waals surface area contributed by atoms with Gasteiger partial charge in [0.2, 0.25) is 0 Å². The molecule has 1 heterocycles. The molecule has 4 rings (SSSR count). The number of benzene rings is 2. The van der Waals surface area contributed by atoms with Crippen molar-refractivity contribution < 1.29 is 19.1 Å². The van der Waals surface area contributed by atoms with Gasteiger partial charge in [0.25, 0.3) is 11.8 Å². The number of nitrogens with one attached hydrogen (secondary N) is 2. The minimum Gasteiger partial charge on any atom is -0.493 e. The third-order valence-electron chi connectivity index (χ3n) is 4.84. The molecule has 150 valence electrons. The number of fused-ring (bicyclic) bond motifs is 1. The maximum Gasteiger partial charge on any atom is 0.257 e. The Labute approximate surface area is 172 Å². The number of methoxy groups -OCH3 is 2. The first-order valence-electron chi connectivity index (χ1n) is 9.28. The average molecular weight is 411 g/mol. The molecule has 1 aromatic heterocycles. The Morgan fingerprint density at radius 2 is 2.00 bits per heavy atom. The Hall–Kier alpha value is -3.13. The van der Waals surface area contributed by atoms with Crippen molar-refractivity contribution in [1.29, 1.82) is 0 Å². The van der Waals surface area contributed by atoms with E-state index in [1.807, 2.05) is 6.07 Å². The molecule has 0 atom stereocenters. The minimum atomic E-state index is -0.309. The van der Waals surface area contributed by atoms with Crippen LogP contribution in [0.1, 0.15) is 33.6 Å². The van der Waals surface area contributed by atoms with Gasteiger partial charge in [0.05, 0.1) is 41.2 Å². The topological polar surface area (TPSA) is 89.6 Å². The quantitative estimate of drug-likeness (QED) is 0.619. The minimum absolute atomic E-state index is 0.210. The van der Waals surface area contributed by atoms with Crippen molar-refractivity contribution in [2.45, 2.75) is 12.8 Å². The summed E-state index contributed by atoms with van der Waals surface area (Å²) in [5.74, 6) is 0.778. The van der Waals surface area contributed by atoms with E-state index in [1.165, 1.54) is 25.6 Å². The molecule has 0 aliphatic heterocycles. The summed E-state index contributed by atoms with van der Waals surface area (Å²) < 4.78 is 11.6. The molecule has 0 spiro atoms. The van der Waals surface area contributed by atoms with E-state index in [4.69, 9.17) is 9.47 Å². The van der Waals surface area contributed by atoms with Gasteiger partial charge in [0, 0.05) is 12.1 Å². The molecule has 1 aliphatic carbocycles. The third kappa shape index (κ3) is 4.02. The van der Waals surface area contributed by atoms with Crippen LogP contribution >= 0.6 is 11.3 Å². The Bertz CT molecular complexity index is 1070. The van der Waals surface area contributed by atoms with Crippen LogP contribution in [0.2, 0.25) is 0 Å². The van der Waals surface area contributed by atoms with Crippen LogP contribution in [0.25, 0.3) is 10.2 Å². The molecule has 8 heteroatoms. The summed E-state index contributed by atoms with van der Waals surface area (Å²) in [4.78, 5) is 29.8. The van der Waals surface area contributed by atoms with Crippen molar-refractivity contribution in [3.05, 3.63) is 47.0 Å². The number of anilines is 1. The number of thiazole rings is 1. The lowest BCUT2D eigenvalue weighted by atomic mass is 10.1. The molecule has 2 amide bonds. The molecule has 0 unspecified atom stereocenters. The molecule has 2 N–H and O–H groups in total. The zero-order valence-electron chi connectivity index (χ0n) is 16.2. The summed E-state index contributed by atoms with van der Waals surface area (Å²) in [5, 5.41) is 5.79. The van der Waals surface area contributed by atoms with Crippen LogP contribution in [0.4, 0.5) is 5.69 Å². The van der Waals surface area contributed by atoms with E-state index in [2.05, 4.69) is 15.6 Å². The normalized spacial score (nSPS) is 13.2. The lowest BCUT2D eigenvalue weighted by Crippen LogP contribution is -2.25. The first-order valence-corrected chi connectivity index (χ1v) is 10.2. The Balaban J connectivity index is 1.65. The van der Waals surface area contributed by atoms with Crippen molar-refractivity contribution in [3.8, 4) is 11.5 Å². The second-order valence-corrected chi connectivity index (χ2v) is 7.73. The smallest absolute Gasteiger partial charge is 0.257 e. The molecule has 0 radical (unpaired) electrons. The van der Waals surface area contributed by atoms with Gasteiger partial charge in [-0.05, 0) is 43.0 Å². The van der Waals surface area contributed by atoms with Crippen molar-refractivity contribution in [2.75, 3.05) is 26.1 Å². The fraction of sp³-hybridized carbons (Fsp3) is 0.286. The number of rotatable bonds is 7. The molecule has 1 fully saturated rings. The van der Waals surface area contributed by atoms with Gasteiger partial charge in [-0.1, -0.05) is 6.07 Å². The Morgan fingerprint density at radius 3 is 2.72 bits per heavy atom. The van der Waals surface area contributed by atoms with E-state index in [9.17, 15) is 9.59 Å². The predicted octanol–water partition coefficient (Wildman–Crippen LogP) is 3.71. The molecule has 0 saturated heterocycles. The summed E-state index contributed by atoms with van der Waals surface area (Å²) in [5.41, 5.74) is 3.75. The molecule has 1 aliphatic rings. The lowest BCUT2D eigenvalue weighted by Gasteiger charge is -2.16. The second kappa shape index (κ2) is 8.08. The van der Waals surface area contributed by atoms with Crippen molar-refractivity contribution in [3.63, 3.8) is 0 Å². The summed E-state index contributed by atoms with van der Waals surface area (Å²) in [7, 11) is 2.98. The van der Waals surface area contributed by atoms with E-state index in [-0.39, 0.29) is 11.8 Å². The molecule has 29 heavy (non-hydrogen) atoms. The second-order valence-electron chi connectivity index (χ2n) is 6.87. The van der Waals surface area contributed by atoms with E-state index in [0.29, 0.717) is 40.8 Å². The van der Waals surface area contributed by atoms with Gasteiger partial charge in [-0.25, -0.2) is 4.98 Å². The first kappa shape index (κ1) is 19.2. The number of ether oxygens (including phenoxy) is 2. The SMILES string of the molecule is COc1cc(C(=O)NCC2CC2)cc(NC(=O)c2cccc3ncsc23)c1OC. The number of amides is 2. The molecular weight excluding hydrogens is 390 g/mol. The monoisotopic (exact) mass is 411 g/mol. The van der Waals surface area contributed by atoms with Gasteiger partial charge >= 0.3 is 0 Å². The highest BCUT2D eigenvalue weighted by Gasteiger charge is 2.23. The molecule has 1 saturated carbocycles. The summed E-state index contributed by atoms with van der Waals surface area (Å²) >= 11 is 1.40. The third-order valence-corrected chi connectivity index (χ3v) is 5.71. The molecular formula is C21H21N3O4S. The lowest BCUT2D eigenvalue weighted by molar-refractivity contribution is 0.0950. The molecule has 3 aromatic rings. The summed E-state index contributed by atoms with van der Waals surface area (Å²) in [6.07, 6.45) is 2.30. The van der Waals surface area contributed by atoms with Gasteiger partial charge in [-0.3, -0.25) is 9.59 Å². The predicted molar refractivity (Wildman–Crippen MR) is 112 cm³/mol. The fourth-order valence-electron chi connectivity index (χ4n) is 3.10. The average Bonchev–Trinajstić information content (AvgIpc) is 3.44. The van der Waals surface area contributed by atoms with Crippen LogP contribution in [0.15, 0.2) is 35.8 Å². The van der Waals surface area contributed by atoms with Crippen LogP contribution in [0.3, 0.4) is 0 Å². The van der Waals surface area contributed by atoms with Crippen LogP contribution < -0.4 is 20.1 Å². The van der Waals surface area contributed by atoms with Crippen molar-refractivity contribution in [1.82, 2.24) is 10.3 Å². The van der Waals surface area contributed by atoms with E-state index in [0.717, 1.165) is 23.1 Å². The number of carbonyl (C=O) groups excluding carboxylic acids is 2. The first-order chi connectivity index (χ1) is 14.1. The Kier molecular flexibility index (Phi) is 5.35. The van der Waals surface area contributed by atoms with E-state index in [1.54, 1.807) is 29.8 Å². The van der Waals surface area contributed by atoms with Gasteiger partial charge in [0.1, 0.15) is 0 Å². The highest BCUT2D eigenvalue weighted by molar-refractivity contribution is 7.17. The summed E-state index contributed by atoms with van der Waals surface area (Å²) in [6.45, 7) is 0.655. The number of carbonyl (C=O) groups is 2. The van der Waals surface area contributed by atoms with E-state index >= 15 is 0 Å². The van der Waals surface area contributed by atoms with Crippen molar-refractivity contribution >= 4 is 39.1 Å². The van der Waals surface area contributed by atoms with Crippen LogP contribution in [-0.4, -0.2) is 37.6 Å². The fourth-order valence-corrected chi connectivity index (χ4v) is 3.90. The number of hydrogen-bond donors (Lipinski definition) is 2. The van der Waals surface area contributed by atoms with E-state index < -0.39 is 0 Å². The van der Waals surface area contributed by atoms with Crippen LogP contribution in [-0.2, 0) is 0 Å². The molecule has 0 bridgehead atoms. The highest BCUT2D eigenvalue weighted by atomic mass is 32.1. The zero-order chi connectivity index (χ0) is 20.4. The number of aromatic nitrogens is 1. The van der Waals surface area contributed by atoms with Crippen molar-refractivity contribution in [2.24, 2.45) is 5.92 Å². The Morgan fingerprint density at radius 1 is 1.17 bits per heavy atom. The summed E-state index contributed by atoms with van der Waals surface area (Å²) in [6, 6.07) is 8.61. The standard InChI is InChI=1S/C21H21N3O4S/c1-27-17-9-13(20(25)22-10-12-6-7-12)8-16(18(17)28-2)24-21(26)14-4-3-5-15-19(14)29-11-23-15/h3-5,8-9,11-12H,6-7,10H2,1-2H3,(H,22,25)(H,24,26). The largest absolute Gasteiger partial charge is 0.493 e. The van der Waals surface area contributed by atoms with Crippen LogP contribution in [0.5, 0.6) is 11.5 Å². The highest BCUT2D eigenvalue weighted by Crippen LogP contribution is 2.37. The molecule has 2 aromatic carbocycles. The number of hydrogen-bond acceptors (Lipinski definition) is 6. The van der Waals surface area contributed by atoms with Gasteiger partial charge in [-0.2, -0.15) is 0 Å². The van der Waals surface area contributed by atoms with Gasteiger partial charge in [-0.15, -0.1) is 11.3 Å². The molecule has 7 nitrogen and oxygen atoms in total. The van der Waals surface area contributed by atoms with Gasteiger partial charge in [0.15, 0.2) is 11.5 Å². The number of nitrogens with zero attached hydrogens (tertiary/aromatic N) is 1. The van der Waals surface area contributed by atoms with Gasteiger partial charge < -0.3 is 20.1 Å². The zero-order valence-corrected chi connectivity index (χ0v) is 17.0. The maximum absolute atomic E-state index is 13.0. The maximum atomic E-state index is 13.0.